The Morgan fingerprint density at radius 3 is 2.48 bits per heavy atom. The quantitative estimate of drug-likeness (QED) is 0.715. The van der Waals surface area contributed by atoms with Gasteiger partial charge in [0.25, 0.3) is 0 Å². The van der Waals surface area contributed by atoms with Crippen molar-refractivity contribution in [3.05, 3.63) is 57.6 Å². The molecule has 3 rings (SSSR count). The Hall–Kier alpha value is -2.28. The predicted octanol–water partition coefficient (Wildman–Crippen LogP) is 3.82. The molecule has 0 saturated heterocycles. The second-order valence-electron chi connectivity index (χ2n) is 6.40. The number of carboxylic acids is 1. The van der Waals surface area contributed by atoms with Crippen LogP contribution in [0.2, 0.25) is 10.0 Å². The number of nitrogens with zero attached hydrogens (tertiary/aromatic N) is 1. The summed E-state index contributed by atoms with van der Waals surface area (Å²) in [6.07, 6.45) is 0.169. The number of carbonyl (C=O) groups excluding carboxylic acids is 1. The SMILES string of the molecule is CC(=O)N(c1ccc(CN)cc1)[C@@H]1C[C@@H](C(=O)O)Nc2cc(Cl)cc(Cl)c21. The maximum atomic E-state index is 12.5. The van der Waals surface area contributed by atoms with Crippen molar-refractivity contribution < 1.29 is 14.7 Å². The fourth-order valence-electron chi connectivity index (χ4n) is 3.40. The van der Waals surface area contributed by atoms with Crippen LogP contribution in [0.1, 0.15) is 30.5 Å². The summed E-state index contributed by atoms with van der Waals surface area (Å²) in [7, 11) is 0. The number of aliphatic carboxylic acids is 1. The van der Waals surface area contributed by atoms with E-state index in [4.69, 9.17) is 28.9 Å². The van der Waals surface area contributed by atoms with Gasteiger partial charge in [-0.25, -0.2) is 4.79 Å². The Balaban J connectivity index is 2.13. The molecule has 1 aliphatic heterocycles. The first kappa shape index (κ1) is 19.5. The van der Waals surface area contributed by atoms with Gasteiger partial charge in [0.15, 0.2) is 0 Å². The van der Waals surface area contributed by atoms with Crippen LogP contribution in [0.3, 0.4) is 0 Å². The first-order chi connectivity index (χ1) is 12.8. The van der Waals surface area contributed by atoms with Gasteiger partial charge in [-0.3, -0.25) is 4.79 Å². The molecule has 2 aromatic rings. The van der Waals surface area contributed by atoms with E-state index < -0.39 is 18.1 Å². The highest BCUT2D eigenvalue weighted by molar-refractivity contribution is 6.35. The Kier molecular flexibility index (Phi) is 5.60. The normalized spacial score (nSPS) is 18.4. The van der Waals surface area contributed by atoms with E-state index in [2.05, 4.69) is 5.32 Å². The third kappa shape index (κ3) is 3.88. The standard InChI is InChI=1S/C19H19Cl2N3O3/c1-10(25)24(13-4-2-11(9-22)3-5-13)17-8-16(19(26)27)23-15-7-12(20)6-14(21)18(15)17/h2-7,16-17,23H,8-9,22H2,1H3,(H,26,27)/t16-,17+/m0/s1. The minimum atomic E-state index is -1.01. The zero-order chi connectivity index (χ0) is 19.7. The molecule has 0 aliphatic carbocycles. The van der Waals surface area contributed by atoms with Crippen LogP contribution >= 0.6 is 23.2 Å². The molecule has 2 aromatic carbocycles. The highest BCUT2D eigenvalue weighted by Gasteiger charge is 2.37. The summed E-state index contributed by atoms with van der Waals surface area (Å²) >= 11 is 12.5. The largest absolute Gasteiger partial charge is 0.480 e. The fraction of sp³-hybridized carbons (Fsp3) is 0.263. The molecule has 1 amide bonds. The summed E-state index contributed by atoms with van der Waals surface area (Å²) in [5, 5.41) is 13.2. The molecule has 4 N–H and O–H groups in total. The second kappa shape index (κ2) is 7.76. The molecule has 0 unspecified atom stereocenters. The first-order valence-corrected chi connectivity index (χ1v) is 9.14. The summed E-state index contributed by atoms with van der Waals surface area (Å²) in [4.78, 5) is 25.7. The van der Waals surface area contributed by atoms with Gasteiger partial charge in [-0.15, -0.1) is 0 Å². The number of hydrogen-bond acceptors (Lipinski definition) is 4. The van der Waals surface area contributed by atoms with Crippen LogP contribution in [0.4, 0.5) is 11.4 Å². The van der Waals surface area contributed by atoms with Gasteiger partial charge < -0.3 is 21.1 Å². The van der Waals surface area contributed by atoms with Gasteiger partial charge in [-0.05, 0) is 29.8 Å². The summed E-state index contributed by atoms with van der Waals surface area (Å²) < 4.78 is 0. The summed E-state index contributed by atoms with van der Waals surface area (Å²) in [5.41, 5.74) is 8.39. The molecule has 0 fully saturated rings. The number of nitrogens with one attached hydrogen (secondary N) is 1. The number of fused-ring (bicyclic) bond motifs is 1. The zero-order valence-electron chi connectivity index (χ0n) is 14.6. The van der Waals surface area contributed by atoms with Crippen molar-refractivity contribution in [2.75, 3.05) is 10.2 Å². The van der Waals surface area contributed by atoms with E-state index in [-0.39, 0.29) is 12.3 Å². The highest BCUT2D eigenvalue weighted by atomic mass is 35.5. The lowest BCUT2D eigenvalue weighted by atomic mass is 9.91. The Bertz CT molecular complexity index is 887. The lowest BCUT2D eigenvalue weighted by molar-refractivity contribution is -0.138. The van der Waals surface area contributed by atoms with Gasteiger partial charge in [0.1, 0.15) is 6.04 Å². The molecule has 0 spiro atoms. The average Bonchev–Trinajstić information content (AvgIpc) is 2.61. The van der Waals surface area contributed by atoms with Gasteiger partial charge >= 0.3 is 5.97 Å². The van der Waals surface area contributed by atoms with Gasteiger partial charge in [-0.1, -0.05) is 35.3 Å². The van der Waals surface area contributed by atoms with E-state index in [1.807, 2.05) is 12.1 Å². The minimum absolute atomic E-state index is 0.169. The number of amides is 1. The molecule has 8 heteroatoms. The highest BCUT2D eigenvalue weighted by Crippen LogP contribution is 2.44. The second-order valence-corrected chi connectivity index (χ2v) is 7.24. The monoisotopic (exact) mass is 407 g/mol. The van der Waals surface area contributed by atoms with E-state index in [1.165, 1.54) is 6.92 Å². The van der Waals surface area contributed by atoms with Crippen LogP contribution in [0, 0.1) is 0 Å². The van der Waals surface area contributed by atoms with E-state index in [0.717, 1.165) is 5.56 Å². The van der Waals surface area contributed by atoms with Crippen LogP contribution in [0.25, 0.3) is 0 Å². The topological polar surface area (TPSA) is 95.7 Å². The molecule has 0 aromatic heterocycles. The number of carboxylic acid groups (broad SMARTS) is 1. The predicted molar refractivity (Wildman–Crippen MR) is 106 cm³/mol. The summed E-state index contributed by atoms with van der Waals surface area (Å²) in [5.74, 6) is -1.23. The minimum Gasteiger partial charge on any atom is -0.480 e. The zero-order valence-corrected chi connectivity index (χ0v) is 16.1. The maximum Gasteiger partial charge on any atom is 0.326 e. The third-order valence-corrected chi connectivity index (χ3v) is 5.15. The molecule has 142 valence electrons. The molecule has 2 atom stereocenters. The molecule has 0 bridgehead atoms. The number of rotatable bonds is 4. The lowest BCUT2D eigenvalue weighted by Gasteiger charge is -2.38. The molecule has 0 radical (unpaired) electrons. The van der Waals surface area contributed by atoms with Crippen molar-refractivity contribution in [1.29, 1.82) is 0 Å². The van der Waals surface area contributed by atoms with E-state index >= 15 is 0 Å². The third-order valence-electron chi connectivity index (χ3n) is 4.62. The van der Waals surface area contributed by atoms with Crippen molar-refractivity contribution in [1.82, 2.24) is 0 Å². The van der Waals surface area contributed by atoms with E-state index in [0.29, 0.717) is 33.5 Å². The number of carbonyl (C=O) groups is 2. The average molecular weight is 408 g/mol. The number of hydrogen-bond donors (Lipinski definition) is 3. The van der Waals surface area contributed by atoms with Crippen LogP contribution in [0.5, 0.6) is 0 Å². The van der Waals surface area contributed by atoms with Gasteiger partial charge in [0, 0.05) is 46.9 Å². The van der Waals surface area contributed by atoms with Crippen molar-refractivity contribution in [3.63, 3.8) is 0 Å². The Labute approximate surface area is 166 Å². The van der Waals surface area contributed by atoms with E-state index in [9.17, 15) is 14.7 Å². The molecule has 6 nitrogen and oxygen atoms in total. The molecular weight excluding hydrogens is 389 g/mol. The lowest BCUT2D eigenvalue weighted by Crippen LogP contribution is -2.43. The molecule has 1 aliphatic rings. The molecule has 27 heavy (non-hydrogen) atoms. The van der Waals surface area contributed by atoms with Gasteiger partial charge in [-0.2, -0.15) is 0 Å². The fourth-order valence-corrected chi connectivity index (χ4v) is 4.02. The number of nitrogens with two attached hydrogens (primary N) is 1. The summed E-state index contributed by atoms with van der Waals surface area (Å²) in [6.45, 7) is 1.83. The van der Waals surface area contributed by atoms with E-state index in [1.54, 1.807) is 29.2 Å². The van der Waals surface area contributed by atoms with Crippen molar-refractivity contribution >= 4 is 46.5 Å². The Morgan fingerprint density at radius 1 is 1.26 bits per heavy atom. The van der Waals surface area contributed by atoms with Crippen LogP contribution in [0.15, 0.2) is 36.4 Å². The maximum absolute atomic E-state index is 12.5. The molecular formula is C19H19Cl2N3O3. The number of anilines is 2. The summed E-state index contributed by atoms with van der Waals surface area (Å²) in [6, 6.07) is 9.07. The number of benzene rings is 2. The smallest absolute Gasteiger partial charge is 0.326 e. The molecule has 1 heterocycles. The van der Waals surface area contributed by atoms with Crippen molar-refractivity contribution in [3.8, 4) is 0 Å². The number of halogens is 2. The van der Waals surface area contributed by atoms with Crippen LogP contribution in [-0.2, 0) is 16.1 Å². The van der Waals surface area contributed by atoms with Crippen molar-refractivity contribution in [2.24, 2.45) is 5.73 Å². The Morgan fingerprint density at radius 2 is 1.93 bits per heavy atom. The van der Waals surface area contributed by atoms with Gasteiger partial charge in [0.05, 0.1) is 6.04 Å². The van der Waals surface area contributed by atoms with Crippen LogP contribution < -0.4 is 16.0 Å². The van der Waals surface area contributed by atoms with Crippen LogP contribution in [-0.4, -0.2) is 23.0 Å². The van der Waals surface area contributed by atoms with Crippen molar-refractivity contribution in [2.45, 2.75) is 32.0 Å². The van der Waals surface area contributed by atoms with Gasteiger partial charge in [0.2, 0.25) is 5.91 Å². The molecule has 0 saturated carbocycles. The first-order valence-electron chi connectivity index (χ1n) is 8.39.